The van der Waals surface area contributed by atoms with Gasteiger partial charge in [-0.15, -0.1) is 0 Å². The molecule has 13 heavy (non-hydrogen) atoms. The Kier molecular flexibility index (Phi) is 1.96. The van der Waals surface area contributed by atoms with Gasteiger partial charge < -0.3 is 0 Å². The van der Waals surface area contributed by atoms with Crippen LogP contribution >= 0.6 is 15.9 Å². The van der Waals surface area contributed by atoms with E-state index in [2.05, 4.69) is 22.5 Å². The summed E-state index contributed by atoms with van der Waals surface area (Å²) in [6, 6.07) is 7.63. The second-order valence-electron chi connectivity index (χ2n) is 2.95. The number of carbonyl (C=O) groups excluding carboxylic acids is 1. The Hall–Kier alpha value is -1.09. The number of anilines is 1. The first-order valence-corrected chi connectivity index (χ1v) is 4.74. The second-order valence-corrected chi connectivity index (χ2v) is 3.87. The Balaban J connectivity index is 2.35. The molecule has 66 valence electrons. The molecule has 1 aliphatic rings. The fourth-order valence-electron chi connectivity index (χ4n) is 1.36. The van der Waals surface area contributed by atoms with Gasteiger partial charge in [0.1, 0.15) is 0 Å². The van der Waals surface area contributed by atoms with Gasteiger partial charge in [-0.05, 0) is 18.2 Å². The van der Waals surface area contributed by atoms with E-state index in [1.807, 2.05) is 24.3 Å². The SMILES string of the molecule is C=C1CC(=O)N1c1cccc(Br)c1. The zero-order valence-electron chi connectivity index (χ0n) is 6.96. The van der Waals surface area contributed by atoms with Gasteiger partial charge in [0.2, 0.25) is 5.91 Å². The van der Waals surface area contributed by atoms with Crippen molar-refractivity contribution in [3.05, 3.63) is 41.0 Å². The van der Waals surface area contributed by atoms with Crippen LogP contribution in [0.2, 0.25) is 0 Å². The Morgan fingerprint density at radius 3 is 2.77 bits per heavy atom. The van der Waals surface area contributed by atoms with Gasteiger partial charge in [0.25, 0.3) is 0 Å². The van der Waals surface area contributed by atoms with E-state index < -0.39 is 0 Å². The molecule has 1 fully saturated rings. The highest BCUT2D eigenvalue weighted by Gasteiger charge is 2.29. The fraction of sp³-hybridized carbons (Fsp3) is 0.100. The number of nitrogens with zero attached hydrogens (tertiary/aromatic N) is 1. The van der Waals surface area contributed by atoms with E-state index in [4.69, 9.17) is 0 Å². The summed E-state index contributed by atoms with van der Waals surface area (Å²) in [5, 5.41) is 0. The number of rotatable bonds is 1. The van der Waals surface area contributed by atoms with Crippen LogP contribution in [0, 0.1) is 0 Å². The highest BCUT2D eigenvalue weighted by atomic mass is 79.9. The average Bonchev–Trinajstić information content (AvgIpc) is 2.03. The number of carbonyl (C=O) groups is 1. The summed E-state index contributed by atoms with van der Waals surface area (Å²) in [5.41, 5.74) is 1.75. The van der Waals surface area contributed by atoms with Crippen molar-refractivity contribution >= 4 is 27.5 Å². The van der Waals surface area contributed by atoms with Crippen molar-refractivity contribution < 1.29 is 4.79 Å². The van der Waals surface area contributed by atoms with Gasteiger partial charge in [0.05, 0.1) is 6.42 Å². The molecule has 3 heteroatoms. The molecular formula is C10H8BrNO. The monoisotopic (exact) mass is 237 g/mol. The van der Waals surface area contributed by atoms with E-state index in [0.717, 1.165) is 15.9 Å². The molecule has 0 saturated carbocycles. The maximum Gasteiger partial charge on any atom is 0.237 e. The second kappa shape index (κ2) is 3.00. The lowest BCUT2D eigenvalue weighted by Gasteiger charge is -2.33. The topological polar surface area (TPSA) is 20.3 Å². The fourth-order valence-corrected chi connectivity index (χ4v) is 1.75. The number of hydrogen-bond acceptors (Lipinski definition) is 1. The maximum atomic E-state index is 11.2. The van der Waals surface area contributed by atoms with Crippen LogP contribution in [-0.2, 0) is 4.79 Å². The van der Waals surface area contributed by atoms with Gasteiger partial charge in [-0.2, -0.15) is 0 Å². The van der Waals surface area contributed by atoms with Crippen molar-refractivity contribution in [3.8, 4) is 0 Å². The molecule has 1 aromatic rings. The Morgan fingerprint density at radius 1 is 1.46 bits per heavy atom. The molecule has 1 aromatic carbocycles. The third-order valence-corrected chi connectivity index (χ3v) is 2.48. The van der Waals surface area contributed by atoms with E-state index in [0.29, 0.717) is 6.42 Å². The molecule has 0 aromatic heterocycles. The number of hydrogen-bond donors (Lipinski definition) is 0. The van der Waals surface area contributed by atoms with Crippen LogP contribution in [0.4, 0.5) is 5.69 Å². The van der Waals surface area contributed by atoms with E-state index in [1.54, 1.807) is 4.90 Å². The molecule has 0 atom stereocenters. The molecule has 2 nitrogen and oxygen atoms in total. The standard InChI is InChI=1S/C10H8BrNO/c1-7-5-10(13)12(7)9-4-2-3-8(11)6-9/h2-4,6H,1,5H2. The molecular weight excluding hydrogens is 230 g/mol. The predicted molar refractivity (Wildman–Crippen MR) is 55.4 cm³/mol. The molecule has 1 heterocycles. The molecule has 0 N–H and O–H groups in total. The van der Waals surface area contributed by atoms with Crippen molar-refractivity contribution in [2.24, 2.45) is 0 Å². The van der Waals surface area contributed by atoms with Crippen molar-refractivity contribution in [3.63, 3.8) is 0 Å². The smallest absolute Gasteiger partial charge is 0.237 e. The number of benzene rings is 1. The Labute approximate surface area is 85.0 Å². The zero-order chi connectivity index (χ0) is 9.42. The first-order chi connectivity index (χ1) is 6.18. The zero-order valence-corrected chi connectivity index (χ0v) is 8.54. The third-order valence-electron chi connectivity index (χ3n) is 1.99. The largest absolute Gasteiger partial charge is 0.285 e. The van der Waals surface area contributed by atoms with E-state index in [9.17, 15) is 4.79 Å². The van der Waals surface area contributed by atoms with Crippen LogP contribution < -0.4 is 4.90 Å². The lowest BCUT2D eigenvalue weighted by atomic mass is 10.1. The highest BCUT2D eigenvalue weighted by Crippen LogP contribution is 2.30. The third kappa shape index (κ3) is 1.40. The summed E-state index contributed by atoms with van der Waals surface area (Å²) < 4.78 is 0.970. The van der Waals surface area contributed by atoms with Crippen LogP contribution in [-0.4, -0.2) is 5.91 Å². The van der Waals surface area contributed by atoms with E-state index >= 15 is 0 Å². The summed E-state index contributed by atoms with van der Waals surface area (Å²) in [5.74, 6) is 0.114. The predicted octanol–water partition coefficient (Wildman–Crippen LogP) is 2.70. The van der Waals surface area contributed by atoms with E-state index in [1.165, 1.54) is 0 Å². The van der Waals surface area contributed by atoms with E-state index in [-0.39, 0.29) is 5.91 Å². The van der Waals surface area contributed by atoms with Gasteiger partial charge in [-0.3, -0.25) is 9.69 Å². The summed E-state index contributed by atoms with van der Waals surface area (Å²) >= 11 is 3.36. The normalized spacial score (nSPS) is 15.9. The minimum Gasteiger partial charge on any atom is -0.285 e. The van der Waals surface area contributed by atoms with Crippen LogP contribution in [0.25, 0.3) is 0 Å². The Bertz CT molecular complexity index is 372. The van der Waals surface area contributed by atoms with Gasteiger partial charge in [-0.25, -0.2) is 0 Å². The molecule has 1 amide bonds. The van der Waals surface area contributed by atoms with Gasteiger partial charge >= 0.3 is 0 Å². The van der Waals surface area contributed by atoms with Gasteiger partial charge in [0, 0.05) is 15.9 Å². The highest BCUT2D eigenvalue weighted by molar-refractivity contribution is 9.10. The van der Waals surface area contributed by atoms with Crippen molar-refractivity contribution in [2.45, 2.75) is 6.42 Å². The number of halogens is 1. The summed E-state index contributed by atoms with van der Waals surface area (Å²) in [7, 11) is 0. The van der Waals surface area contributed by atoms with Crippen molar-refractivity contribution in [2.75, 3.05) is 4.90 Å². The van der Waals surface area contributed by atoms with Gasteiger partial charge in [0.15, 0.2) is 0 Å². The van der Waals surface area contributed by atoms with Crippen LogP contribution in [0.5, 0.6) is 0 Å². The molecule has 1 aliphatic heterocycles. The molecule has 1 saturated heterocycles. The minimum absolute atomic E-state index is 0.114. The quantitative estimate of drug-likeness (QED) is 0.689. The minimum atomic E-state index is 0.114. The number of amides is 1. The molecule has 0 bridgehead atoms. The molecule has 0 spiro atoms. The Morgan fingerprint density at radius 2 is 2.23 bits per heavy atom. The average molecular weight is 238 g/mol. The molecule has 0 radical (unpaired) electrons. The first kappa shape index (κ1) is 8.51. The van der Waals surface area contributed by atoms with Crippen LogP contribution in [0.15, 0.2) is 41.0 Å². The summed E-state index contributed by atoms with van der Waals surface area (Å²) in [6.07, 6.45) is 0.479. The molecule has 0 aliphatic carbocycles. The summed E-state index contributed by atoms with van der Waals surface area (Å²) in [6.45, 7) is 3.79. The first-order valence-electron chi connectivity index (χ1n) is 3.95. The van der Waals surface area contributed by atoms with Crippen molar-refractivity contribution in [1.82, 2.24) is 0 Å². The van der Waals surface area contributed by atoms with Crippen molar-refractivity contribution in [1.29, 1.82) is 0 Å². The molecule has 0 unspecified atom stereocenters. The maximum absolute atomic E-state index is 11.2. The lowest BCUT2D eigenvalue weighted by Crippen LogP contribution is -2.40. The lowest BCUT2D eigenvalue weighted by molar-refractivity contribution is -0.120. The van der Waals surface area contributed by atoms with Gasteiger partial charge in [-0.1, -0.05) is 28.6 Å². The van der Waals surface area contributed by atoms with Crippen LogP contribution in [0.1, 0.15) is 6.42 Å². The summed E-state index contributed by atoms with van der Waals surface area (Å²) in [4.78, 5) is 12.8. The molecule has 2 rings (SSSR count). The van der Waals surface area contributed by atoms with Crippen LogP contribution in [0.3, 0.4) is 0 Å². The number of β-lactam (4-membered cyclic amide) rings is 1.